The summed E-state index contributed by atoms with van der Waals surface area (Å²) in [4.78, 5) is 0. The molecule has 20 heavy (non-hydrogen) atoms. The molecule has 0 heterocycles. The molecule has 3 nitrogen and oxygen atoms in total. The summed E-state index contributed by atoms with van der Waals surface area (Å²) in [7, 11) is 1.70. The second-order valence-corrected chi connectivity index (χ2v) is 5.60. The first-order valence-corrected chi connectivity index (χ1v) is 8.71. The molecule has 0 amide bonds. The van der Waals surface area contributed by atoms with Crippen molar-refractivity contribution in [1.29, 1.82) is 0 Å². The van der Waals surface area contributed by atoms with Gasteiger partial charge in [-0.1, -0.05) is 18.6 Å². The zero-order chi connectivity index (χ0) is 14.6. The predicted molar refractivity (Wildman–Crippen MR) is 88.1 cm³/mol. The highest BCUT2D eigenvalue weighted by Crippen LogP contribution is 2.30. The summed E-state index contributed by atoms with van der Waals surface area (Å²) in [6.07, 6.45) is 6.00. The van der Waals surface area contributed by atoms with Gasteiger partial charge < -0.3 is 14.8 Å². The SMILES string of the molecule is CCOc1cccc(CNCCCCCSC)c1OC. The lowest BCUT2D eigenvalue weighted by Gasteiger charge is -2.14. The van der Waals surface area contributed by atoms with Gasteiger partial charge in [0.25, 0.3) is 0 Å². The smallest absolute Gasteiger partial charge is 0.165 e. The van der Waals surface area contributed by atoms with Gasteiger partial charge in [0, 0.05) is 12.1 Å². The van der Waals surface area contributed by atoms with Crippen molar-refractivity contribution in [2.45, 2.75) is 32.7 Å². The quantitative estimate of drug-likeness (QED) is 0.631. The average molecular weight is 297 g/mol. The molecule has 1 aromatic carbocycles. The summed E-state index contributed by atoms with van der Waals surface area (Å²) in [6.45, 7) is 4.52. The number of rotatable bonds is 11. The molecular formula is C16H27NO2S. The topological polar surface area (TPSA) is 30.5 Å². The molecule has 0 aliphatic carbocycles. The highest BCUT2D eigenvalue weighted by atomic mass is 32.2. The normalized spacial score (nSPS) is 10.6. The third kappa shape index (κ3) is 6.06. The third-order valence-electron chi connectivity index (χ3n) is 3.08. The Labute approximate surface area is 127 Å². The molecule has 0 bridgehead atoms. The zero-order valence-corrected chi connectivity index (χ0v) is 13.7. The van der Waals surface area contributed by atoms with Gasteiger partial charge in [-0.25, -0.2) is 0 Å². The fourth-order valence-electron chi connectivity index (χ4n) is 2.10. The minimum atomic E-state index is 0.655. The Kier molecular flexibility index (Phi) is 9.33. The number of thioether (sulfide) groups is 1. The van der Waals surface area contributed by atoms with Gasteiger partial charge >= 0.3 is 0 Å². The molecule has 0 radical (unpaired) electrons. The van der Waals surface area contributed by atoms with E-state index in [1.807, 2.05) is 30.8 Å². The molecule has 0 fully saturated rings. The summed E-state index contributed by atoms with van der Waals surface area (Å²) in [5.74, 6) is 2.95. The van der Waals surface area contributed by atoms with E-state index in [2.05, 4.69) is 17.6 Å². The molecule has 0 unspecified atom stereocenters. The summed E-state index contributed by atoms with van der Waals surface area (Å²) >= 11 is 1.92. The maximum atomic E-state index is 5.59. The van der Waals surface area contributed by atoms with E-state index in [-0.39, 0.29) is 0 Å². The Morgan fingerprint density at radius 1 is 1.20 bits per heavy atom. The van der Waals surface area contributed by atoms with Crippen LogP contribution in [0.1, 0.15) is 31.7 Å². The maximum Gasteiger partial charge on any atom is 0.165 e. The fraction of sp³-hybridized carbons (Fsp3) is 0.625. The van der Waals surface area contributed by atoms with Gasteiger partial charge in [0.2, 0.25) is 0 Å². The number of unbranched alkanes of at least 4 members (excludes halogenated alkanes) is 2. The minimum absolute atomic E-state index is 0.655. The molecule has 0 aromatic heterocycles. The van der Waals surface area contributed by atoms with Crippen molar-refractivity contribution in [3.05, 3.63) is 23.8 Å². The summed E-state index contributed by atoms with van der Waals surface area (Å²) < 4.78 is 11.1. The molecule has 0 spiro atoms. The van der Waals surface area contributed by atoms with Crippen molar-refractivity contribution in [2.24, 2.45) is 0 Å². The van der Waals surface area contributed by atoms with Crippen LogP contribution in [0.2, 0.25) is 0 Å². The van der Waals surface area contributed by atoms with E-state index in [0.717, 1.165) is 30.2 Å². The molecule has 1 rings (SSSR count). The second kappa shape index (κ2) is 10.9. The molecule has 0 saturated heterocycles. The van der Waals surface area contributed by atoms with Crippen LogP contribution in [-0.2, 0) is 6.54 Å². The van der Waals surface area contributed by atoms with Gasteiger partial charge in [-0.2, -0.15) is 11.8 Å². The molecule has 4 heteroatoms. The largest absolute Gasteiger partial charge is 0.493 e. The van der Waals surface area contributed by atoms with Gasteiger partial charge in [-0.05, 0) is 44.4 Å². The number of ether oxygens (including phenoxy) is 2. The first kappa shape index (κ1) is 17.2. The molecule has 1 aromatic rings. The van der Waals surface area contributed by atoms with Gasteiger partial charge in [-0.15, -0.1) is 0 Å². The molecule has 1 N–H and O–H groups in total. The first-order chi connectivity index (χ1) is 9.83. The molecule has 0 atom stereocenters. The van der Waals surface area contributed by atoms with E-state index >= 15 is 0 Å². The van der Waals surface area contributed by atoms with Crippen molar-refractivity contribution >= 4 is 11.8 Å². The van der Waals surface area contributed by atoms with Gasteiger partial charge in [0.15, 0.2) is 11.5 Å². The molecule has 0 saturated carbocycles. The van der Waals surface area contributed by atoms with Crippen molar-refractivity contribution in [3.8, 4) is 11.5 Å². The Morgan fingerprint density at radius 2 is 2.05 bits per heavy atom. The van der Waals surface area contributed by atoms with Crippen LogP contribution in [0.5, 0.6) is 11.5 Å². The monoisotopic (exact) mass is 297 g/mol. The lowest BCUT2D eigenvalue weighted by molar-refractivity contribution is 0.308. The van der Waals surface area contributed by atoms with Crippen LogP contribution in [0.3, 0.4) is 0 Å². The van der Waals surface area contributed by atoms with E-state index in [4.69, 9.17) is 9.47 Å². The summed E-state index contributed by atoms with van der Waals surface area (Å²) in [5, 5.41) is 3.48. The highest BCUT2D eigenvalue weighted by Gasteiger charge is 2.09. The van der Waals surface area contributed by atoms with E-state index in [1.165, 1.54) is 25.0 Å². The summed E-state index contributed by atoms with van der Waals surface area (Å²) in [5.41, 5.74) is 1.16. The minimum Gasteiger partial charge on any atom is -0.493 e. The predicted octanol–water partition coefficient (Wildman–Crippen LogP) is 3.72. The van der Waals surface area contributed by atoms with Crippen LogP contribution in [-0.4, -0.2) is 32.3 Å². The van der Waals surface area contributed by atoms with E-state index < -0.39 is 0 Å². The number of para-hydroxylation sites is 1. The van der Waals surface area contributed by atoms with Crippen molar-refractivity contribution in [3.63, 3.8) is 0 Å². The van der Waals surface area contributed by atoms with Crippen LogP contribution in [0.4, 0.5) is 0 Å². The molecular weight excluding hydrogens is 270 g/mol. The van der Waals surface area contributed by atoms with Crippen molar-refractivity contribution < 1.29 is 9.47 Å². The lowest BCUT2D eigenvalue weighted by Crippen LogP contribution is -2.15. The van der Waals surface area contributed by atoms with Crippen molar-refractivity contribution in [1.82, 2.24) is 5.32 Å². The van der Waals surface area contributed by atoms with E-state index in [0.29, 0.717) is 6.61 Å². The average Bonchev–Trinajstić information content (AvgIpc) is 2.47. The number of methoxy groups -OCH3 is 1. The van der Waals surface area contributed by atoms with Crippen LogP contribution < -0.4 is 14.8 Å². The van der Waals surface area contributed by atoms with E-state index in [9.17, 15) is 0 Å². The van der Waals surface area contributed by atoms with Gasteiger partial charge in [-0.3, -0.25) is 0 Å². The Morgan fingerprint density at radius 3 is 2.75 bits per heavy atom. The second-order valence-electron chi connectivity index (χ2n) is 4.61. The lowest BCUT2D eigenvalue weighted by atomic mass is 10.1. The molecule has 0 aliphatic rings. The number of benzene rings is 1. The Balaban J connectivity index is 2.37. The molecule has 0 aliphatic heterocycles. The number of nitrogens with one attached hydrogen (secondary N) is 1. The van der Waals surface area contributed by atoms with Crippen molar-refractivity contribution in [2.75, 3.05) is 32.3 Å². The van der Waals surface area contributed by atoms with Crippen LogP contribution in [0.15, 0.2) is 18.2 Å². The van der Waals surface area contributed by atoms with Crippen LogP contribution >= 0.6 is 11.8 Å². The van der Waals surface area contributed by atoms with E-state index in [1.54, 1.807) is 7.11 Å². The van der Waals surface area contributed by atoms with Crippen LogP contribution in [0, 0.1) is 0 Å². The highest BCUT2D eigenvalue weighted by molar-refractivity contribution is 7.98. The Hall–Kier alpha value is -0.870. The first-order valence-electron chi connectivity index (χ1n) is 7.31. The standard InChI is InChI=1S/C16H27NO2S/c1-4-19-15-10-8-9-14(16(15)18-2)13-17-11-6-5-7-12-20-3/h8-10,17H,4-7,11-13H2,1-3H3. The Bertz CT molecular complexity index is 371. The third-order valence-corrected chi connectivity index (χ3v) is 3.78. The summed E-state index contributed by atoms with van der Waals surface area (Å²) in [6, 6.07) is 6.05. The number of hydrogen-bond donors (Lipinski definition) is 1. The van der Waals surface area contributed by atoms with Gasteiger partial charge in [0.05, 0.1) is 13.7 Å². The van der Waals surface area contributed by atoms with Gasteiger partial charge in [0.1, 0.15) is 0 Å². The fourth-order valence-corrected chi connectivity index (χ4v) is 2.59. The number of hydrogen-bond acceptors (Lipinski definition) is 4. The van der Waals surface area contributed by atoms with Crippen LogP contribution in [0.25, 0.3) is 0 Å². The molecule has 114 valence electrons. The maximum absolute atomic E-state index is 5.59. The zero-order valence-electron chi connectivity index (χ0n) is 12.9.